The van der Waals surface area contributed by atoms with Crippen LogP contribution < -0.4 is 5.32 Å². The SMILES string of the molecule is COP(=O)(OC)OC(CO[SiH](C)C)C(CCCc1ccc(Sc2cccc(C(F)(F)F)c2)cc1Cl)(NC(=O)OC(C)(C)C)C(C)(C)C. The molecule has 1 amide bonds. The molecule has 8 nitrogen and oxygen atoms in total. The van der Waals surface area contributed by atoms with Gasteiger partial charge in [0.2, 0.25) is 0 Å². The minimum Gasteiger partial charge on any atom is -0.444 e. The molecule has 0 bridgehead atoms. The number of halogens is 4. The van der Waals surface area contributed by atoms with Gasteiger partial charge in [0.25, 0.3) is 0 Å². The predicted octanol–water partition coefficient (Wildman–Crippen LogP) is 9.93. The summed E-state index contributed by atoms with van der Waals surface area (Å²) in [6, 6.07) is 10.5. The highest BCUT2D eigenvalue weighted by molar-refractivity contribution is 7.99. The fourth-order valence-electron chi connectivity index (χ4n) is 4.92. The van der Waals surface area contributed by atoms with E-state index < -0.39 is 57.4 Å². The number of alkyl carbamates (subject to hydrolysis) is 1. The maximum absolute atomic E-state index is 13.4. The molecule has 0 saturated heterocycles. The molecule has 0 aliphatic heterocycles. The summed E-state index contributed by atoms with van der Waals surface area (Å²) >= 11 is 7.86. The second kappa shape index (κ2) is 16.9. The Morgan fingerprint density at radius 3 is 2.13 bits per heavy atom. The van der Waals surface area contributed by atoms with Gasteiger partial charge in [0.05, 0.1) is 17.7 Å². The van der Waals surface area contributed by atoms with Gasteiger partial charge in [-0.3, -0.25) is 13.6 Å². The van der Waals surface area contributed by atoms with Crippen molar-refractivity contribution in [1.82, 2.24) is 5.32 Å². The van der Waals surface area contributed by atoms with Gasteiger partial charge in [-0.1, -0.05) is 56.3 Å². The molecule has 0 aliphatic carbocycles. The molecule has 1 N–H and O–H groups in total. The predicted molar refractivity (Wildman–Crippen MR) is 183 cm³/mol. The summed E-state index contributed by atoms with van der Waals surface area (Å²) in [5.74, 6) is 0. The average Bonchev–Trinajstić information content (AvgIpc) is 2.93. The largest absolute Gasteiger partial charge is 0.474 e. The van der Waals surface area contributed by atoms with Crippen LogP contribution in [0, 0.1) is 5.41 Å². The van der Waals surface area contributed by atoms with Gasteiger partial charge in [0.1, 0.15) is 11.7 Å². The van der Waals surface area contributed by atoms with E-state index in [0.29, 0.717) is 34.1 Å². The van der Waals surface area contributed by atoms with Gasteiger partial charge in [0.15, 0.2) is 9.04 Å². The molecule has 2 unspecified atom stereocenters. The zero-order valence-corrected chi connectivity index (χ0v) is 32.4. The molecule has 15 heteroatoms. The van der Waals surface area contributed by atoms with Crippen molar-refractivity contribution in [3.63, 3.8) is 0 Å². The molecule has 0 saturated carbocycles. The molecule has 0 fully saturated rings. The number of phosphoric acid groups is 1. The lowest BCUT2D eigenvalue weighted by Gasteiger charge is -2.50. The van der Waals surface area contributed by atoms with Crippen molar-refractivity contribution in [2.45, 2.75) is 107 Å². The summed E-state index contributed by atoms with van der Waals surface area (Å²) in [6.07, 6.45) is -4.78. The highest BCUT2D eigenvalue weighted by Crippen LogP contribution is 2.53. The van der Waals surface area contributed by atoms with Gasteiger partial charge < -0.3 is 14.5 Å². The molecule has 2 atom stereocenters. The number of carbonyl (C=O) groups excluding carboxylic acids is 1. The standard InChI is InChI=1S/C32H48ClF3NO7PSSi/c1-29(2,3)31(37-28(38)43-30(4,5)6,27(21-42-47(9)10)44-45(39,40-7)41-8)18-12-13-22-16-17-25(20-26(22)33)46-24-15-11-14-23(19-24)32(34,35)36/h11,14-17,19-20,27,47H,12-13,18,21H2,1-10H3,(H,37,38). The molecule has 0 aromatic heterocycles. The number of rotatable bonds is 15. The number of alkyl halides is 3. The van der Waals surface area contributed by atoms with Crippen LogP contribution in [-0.4, -0.2) is 53.2 Å². The number of carbonyl (C=O) groups is 1. The van der Waals surface area contributed by atoms with Crippen molar-refractivity contribution in [3.05, 3.63) is 58.6 Å². The Morgan fingerprint density at radius 2 is 1.62 bits per heavy atom. The average molecular weight is 742 g/mol. The third kappa shape index (κ3) is 12.7. The molecule has 2 rings (SSSR count). The zero-order chi connectivity index (χ0) is 35.8. The fourth-order valence-corrected chi connectivity index (χ4v) is 7.61. The first-order valence-electron chi connectivity index (χ1n) is 15.2. The molecule has 0 spiro atoms. The van der Waals surface area contributed by atoms with Crippen molar-refractivity contribution >= 4 is 46.3 Å². The van der Waals surface area contributed by atoms with Crippen LogP contribution in [0.3, 0.4) is 0 Å². The van der Waals surface area contributed by atoms with Gasteiger partial charge in [-0.25, -0.2) is 9.36 Å². The van der Waals surface area contributed by atoms with Crippen LogP contribution in [0.25, 0.3) is 0 Å². The van der Waals surface area contributed by atoms with E-state index in [1.165, 1.54) is 32.0 Å². The Morgan fingerprint density at radius 1 is 1.00 bits per heavy atom. The minimum absolute atomic E-state index is 0.00980. The van der Waals surface area contributed by atoms with Crippen molar-refractivity contribution in [2.75, 3.05) is 20.8 Å². The first kappa shape index (κ1) is 41.6. The number of ether oxygens (including phenoxy) is 1. The van der Waals surface area contributed by atoms with Gasteiger partial charge in [-0.05, 0) is 94.4 Å². The first-order valence-corrected chi connectivity index (χ1v) is 20.6. The van der Waals surface area contributed by atoms with Crippen LogP contribution in [0.2, 0.25) is 18.1 Å². The third-order valence-electron chi connectivity index (χ3n) is 7.34. The van der Waals surface area contributed by atoms with Crippen LogP contribution >= 0.6 is 31.2 Å². The van der Waals surface area contributed by atoms with Gasteiger partial charge in [-0.2, -0.15) is 13.2 Å². The minimum atomic E-state index is -4.43. The summed E-state index contributed by atoms with van der Waals surface area (Å²) in [6.45, 7) is 15.1. The number of nitrogens with one attached hydrogen (secondary N) is 1. The highest BCUT2D eigenvalue weighted by Gasteiger charge is 2.53. The summed E-state index contributed by atoms with van der Waals surface area (Å²) in [5.41, 5.74) is -2.60. The third-order valence-corrected chi connectivity index (χ3v) is 10.9. The molecule has 0 aliphatic rings. The van der Waals surface area contributed by atoms with Crippen LogP contribution in [-0.2, 0) is 39.9 Å². The smallest absolute Gasteiger partial charge is 0.444 e. The Hall–Kier alpha value is -1.57. The van der Waals surface area contributed by atoms with Gasteiger partial charge >= 0.3 is 20.1 Å². The van der Waals surface area contributed by atoms with E-state index >= 15 is 0 Å². The normalized spacial score (nSPS) is 15.0. The molecule has 2 aromatic rings. The Balaban J connectivity index is 2.44. The lowest BCUT2D eigenvalue weighted by Crippen LogP contribution is -2.66. The zero-order valence-electron chi connectivity index (χ0n) is 28.7. The van der Waals surface area contributed by atoms with Crippen LogP contribution in [0.4, 0.5) is 18.0 Å². The summed E-state index contributed by atoms with van der Waals surface area (Å²) in [4.78, 5) is 14.5. The second-order valence-corrected chi connectivity index (χ2v) is 19.2. The maximum atomic E-state index is 13.4. The number of benzene rings is 2. The van der Waals surface area contributed by atoms with Crippen LogP contribution in [0.5, 0.6) is 0 Å². The molecule has 47 heavy (non-hydrogen) atoms. The molecule has 0 heterocycles. The van der Waals surface area contributed by atoms with E-state index in [0.717, 1.165) is 17.7 Å². The highest BCUT2D eigenvalue weighted by atomic mass is 35.5. The van der Waals surface area contributed by atoms with E-state index in [1.807, 2.05) is 46.0 Å². The molecule has 0 radical (unpaired) electrons. The van der Waals surface area contributed by atoms with Gasteiger partial charge in [0, 0.05) is 29.0 Å². The van der Waals surface area contributed by atoms with E-state index in [9.17, 15) is 22.5 Å². The monoisotopic (exact) mass is 741 g/mol. The maximum Gasteiger partial charge on any atom is 0.474 e. The van der Waals surface area contributed by atoms with E-state index in [-0.39, 0.29) is 6.61 Å². The summed E-state index contributed by atoms with van der Waals surface area (Å²) in [5, 5.41) is 3.53. The lowest BCUT2D eigenvalue weighted by atomic mass is 9.67. The van der Waals surface area contributed by atoms with E-state index in [2.05, 4.69) is 5.32 Å². The summed E-state index contributed by atoms with van der Waals surface area (Å²) < 4.78 is 81.0. The van der Waals surface area contributed by atoms with Gasteiger partial charge in [-0.15, -0.1) is 0 Å². The lowest BCUT2D eigenvalue weighted by molar-refractivity contribution is -0.137. The van der Waals surface area contributed by atoms with E-state index in [1.54, 1.807) is 32.9 Å². The number of hydrogen-bond donors (Lipinski definition) is 1. The molecular weight excluding hydrogens is 694 g/mol. The summed E-state index contributed by atoms with van der Waals surface area (Å²) in [7, 11) is -3.20. The Labute approximate surface area is 288 Å². The molecular formula is C32H48ClF3NO7PSSi. The van der Waals surface area contributed by atoms with Crippen LogP contribution in [0.1, 0.15) is 65.5 Å². The fraction of sp³-hybridized carbons (Fsp3) is 0.594. The Bertz CT molecular complexity index is 1380. The van der Waals surface area contributed by atoms with Crippen molar-refractivity contribution in [1.29, 1.82) is 0 Å². The number of aryl methyl sites for hydroxylation is 1. The quantitative estimate of drug-likeness (QED) is 0.143. The second-order valence-electron chi connectivity index (χ2n) is 13.4. The first-order chi connectivity index (χ1) is 21.5. The van der Waals surface area contributed by atoms with E-state index in [4.69, 9.17) is 34.3 Å². The van der Waals surface area contributed by atoms with Crippen molar-refractivity contribution in [2.24, 2.45) is 5.41 Å². The van der Waals surface area contributed by atoms with Crippen molar-refractivity contribution < 1.29 is 45.3 Å². The number of phosphoric ester groups is 1. The number of hydrogen-bond acceptors (Lipinski definition) is 8. The number of amides is 1. The van der Waals surface area contributed by atoms with Crippen LogP contribution in [0.15, 0.2) is 52.3 Å². The topological polar surface area (TPSA) is 92.3 Å². The molecule has 266 valence electrons. The Kier molecular flexibility index (Phi) is 15.0. The van der Waals surface area contributed by atoms with Crippen molar-refractivity contribution in [3.8, 4) is 0 Å². The molecule has 2 aromatic carbocycles.